The molecule has 0 aliphatic carbocycles. The molecule has 2 aromatic rings. The summed E-state index contributed by atoms with van der Waals surface area (Å²) >= 11 is 5.98. The van der Waals surface area contributed by atoms with Crippen LogP contribution in [-0.4, -0.2) is 13.0 Å². The summed E-state index contributed by atoms with van der Waals surface area (Å²) in [5.41, 5.74) is 8.60. The minimum atomic E-state index is -0.642. The SMILES string of the molecule is COc1ccc(CN2C(=O)C(N)c3cc(Cl)ccc32)cc1. The van der Waals surface area contributed by atoms with E-state index in [4.69, 9.17) is 22.1 Å². The number of anilines is 1. The molecule has 0 fully saturated rings. The van der Waals surface area contributed by atoms with Gasteiger partial charge in [0.25, 0.3) is 0 Å². The van der Waals surface area contributed by atoms with Gasteiger partial charge in [-0.05, 0) is 35.9 Å². The number of ether oxygens (including phenoxy) is 1. The maximum absolute atomic E-state index is 12.3. The Morgan fingerprint density at radius 3 is 2.62 bits per heavy atom. The lowest BCUT2D eigenvalue weighted by atomic mass is 10.1. The Balaban J connectivity index is 1.90. The second-order valence-electron chi connectivity index (χ2n) is 4.95. The first-order chi connectivity index (χ1) is 10.1. The molecule has 1 amide bonds. The van der Waals surface area contributed by atoms with Gasteiger partial charge < -0.3 is 15.4 Å². The van der Waals surface area contributed by atoms with Crippen LogP contribution in [0.5, 0.6) is 5.75 Å². The van der Waals surface area contributed by atoms with Gasteiger partial charge in [-0.1, -0.05) is 23.7 Å². The molecule has 1 heterocycles. The standard InChI is InChI=1S/C16H15ClN2O2/c1-21-12-5-2-10(3-6-12)9-19-14-7-4-11(17)8-13(14)15(18)16(19)20/h2-8,15H,9,18H2,1H3. The summed E-state index contributed by atoms with van der Waals surface area (Å²) < 4.78 is 5.13. The summed E-state index contributed by atoms with van der Waals surface area (Å²) in [6.07, 6.45) is 0. The number of carbonyl (C=O) groups is 1. The number of fused-ring (bicyclic) bond motifs is 1. The zero-order valence-corrected chi connectivity index (χ0v) is 12.3. The van der Waals surface area contributed by atoms with Gasteiger partial charge in [0.05, 0.1) is 13.7 Å². The topological polar surface area (TPSA) is 55.6 Å². The van der Waals surface area contributed by atoms with Crippen molar-refractivity contribution in [1.29, 1.82) is 0 Å². The molecule has 0 radical (unpaired) electrons. The van der Waals surface area contributed by atoms with Crippen LogP contribution in [-0.2, 0) is 11.3 Å². The fraction of sp³-hybridized carbons (Fsp3) is 0.188. The molecule has 108 valence electrons. The Labute approximate surface area is 128 Å². The Hall–Kier alpha value is -2.04. The molecule has 5 heteroatoms. The molecule has 0 bridgehead atoms. The van der Waals surface area contributed by atoms with E-state index >= 15 is 0 Å². The molecule has 21 heavy (non-hydrogen) atoms. The number of amides is 1. The van der Waals surface area contributed by atoms with E-state index in [0.717, 1.165) is 22.6 Å². The smallest absolute Gasteiger partial charge is 0.248 e. The van der Waals surface area contributed by atoms with E-state index in [1.165, 1.54) is 0 Å². The minimum Gasteiger partial charge on any atom is -0.497 e. The summed E-state index contributed by atoms with van der Waals surface area (Å²) in [6.45, 7) is 0.477. The summed E-state index contributed by atoms with van der Waals surface area (Å²) in [4.78, 5) is 14.0. The van der Waals surface area contributed by atoms with E-state index < -0.39 is 6.04 Å². The third-order valence-electron chi connectivity index (χ3n) is 3.65. The summed E-state index contributed by atoms with van der Waals surface area (Å²) in [5, 5.41) is 0.586. The van der Waals surface area contributed by atoms with Crippen LogP contribution in [0.3, 0.4) is 0 Å². The molecule has 2 aromatic carbocycles. The van der Waals surface area contributed by atoms with Crippen LogP contribution in [0.2, 0.25) is 5.02 Å². The molecule has 1 aliphatic rings. The van der Waals surface area contributed by atoms with Crippen LogP contribution in [0, 0.1) is 0 Å². The quantitative estimate of drug-likeness (QED) is 0.948. The first-order valence-electron chi connectivity index (χ1n) is 6.59. The fourth-order valence-electron chi connectivity index (χ4n) is 2.52. The van der Waals surface area contributed by atoms with Gasteiger partial charge in [-0.15, -0.1) is 0 Å². The Morgan fingerprint density at radius 2 is 1.95 bits per heavy atom. The third kappa shape index (κ3) is 2.48. The number of carbonyl (C=O) groups excluding carboxylic acids is 1. The number of hydrogen-bond donors (Lipinski definition) is 1. The normalized spacial score (nSPS) is 17.0. The Bertz CT molecular complexity index is 685. The molecule has 3 rings (SSSR count). The first kappa shape index (κ1) is 13.9. The van der Waals surface area contributed by atoms with Crippen LogP contribution in [0.25, 0.3) is 0 Å². The lowest BCUT2D eigenvalue weighted by Crippen LogP contribution is -2.31. The summed E-state index contributed by atoms with van der Waals surface area (Å²) in [5.74, 6) is 0.679. The van der Waals surface area contributed by atoms with Crippen LogP contribution in [0.15, 0.2) is 42.5 Å². The lowest BCUT2D eigenvalue weighted by molar-refractivity contribution is -0.119. The van der Waals surface area contributed by atoms with E-state index in [1.807, 2.05) is 30.3 Å². The predicted octanol–water partition coefficient (Wildman–Crippen LogP) is 2.90. The molecule has 0 saturated heterocycles. The van der Waals surface area contributed by atoms with Crippen molar-refractivity contribution < 1.29 is 9.53 Å². The van der Waals surface area contributed by atoms with Crippen LogP contribution < -0.4 is 15.4 Å². The highest BCUT2D eigenvalue weighted by Crippen LogP contribution is 2.37. The van der Waals surface area contributed by atoms with E-state index in [0.29, 0.717) is 11.6 Å². The molecule has 1 atom stereocenters. The average Bonchev–Trinajstić information content (AvgIpc) is 2.73. The van der Waals surface area contributed by atoms with Gasteiger partial charge in [0.1, 0.15) is 11.8 Å². The largest absolute Gasteiger partial charge is 0.497 e. The predicted molar refractivity (Wildman–Crippen MR) is 82.6 cm³/mol. The minimum absolute atomic E-state index is 0.108. The monoisotopic (exact) mass is 302 g/mol. The number of nitrogens with zero attached hydrogens (tertiary/aromatic N) is 1. The fourth-order valence-corrected chi connectivity index (χ4v) is 2.70. The van der Waals surface area contributed by atoms with E-state index in [9.17, 15) is 4.79 Å². The molecule has 1 aliphatic heterocycles. The van der Waals surface area contributed by atoms with Gasteiger partial charge in [0.15, 0.2) is 0 Å². The first-order valence-corrected chi connectivity index (χ1v) is 6.97. The van der Waals surface area contributed by atoms with Gasteiger partial charge in [-0.2, -0.15) is 0 Å². The average molecular weight is 303 g/mol. The van der Waals surface area contributed by atoms with Crippen molar-refractivity contribution in [2.75, 3.05) is 12.0 Å². The lowest BCUT2D eigenvalue weighted by Gasteiger charge is -2.18. The third-order valence-corrected chi connectivity index (χ3v) is 3.88. The maximum Gasteiger partial charge on any atom is 0.248 e. The van der Waals surface area contributed by atoms with Crippen molar-refractivity contribution in [1.82, 2.24) is 0 Å². The van der Waals surface area contributed by atoms with Crippen molar-refractivity contribution in [3.05, 3.63) is 58.6 Å². The number of benzene rings is 2. The van der Waals surface area contributed by atoms with Crippen LogP contribution in [0.1, 0.15) is 17.2 Å². The second-order valence-corrected chi connectivity index (χ2v) is 5.39. The number of rotatable bonds is 3. The summed E-state index contributed by atoms with van der Waals surface area (Å²) in [6, 6.07) is 12.3. The van der Waals surface area contributed by atoms with Gasteiger partial charge in [-0.3, -0.25) is 4.79 Å². The molecule has 0 saturated carbocycles. The van der Waals surface area contributed by atoms with Crippen molar-refractivity contribution in [2.45, 2.75) is 12.6 Å². The number of hydrogen-bond acceptors (Lipinski definition) is 3. The van der Waals surface area contributed by atoms with Crippen molar-refractivity contribution >= 4 is 23.2 Å². The second kappa shape index (κ2) is 5.39. The summed E-state index contributed by atoms with van der Waals surface area (Å²) in [7, 11) is 1.62. The highest BCUT2D eigenvalue weighted by molar-refractivity contribution is 6.31. The van der Waals surface area contributed by atoms with E-state index in [2.05, 4.69) is 0 Å². The van der Waals surface area contributed by atoms with Gasteiger partial charge in [0, 0.05) is 16.3 Å². The van der Waals surface area contributed by atoms with Gasteiger partial charge >= 0.3 is 0 Å². The maximum atomic E-state index is 12.3. The van der Waals surface area contributed by atoms with Gasteiger partial charge in [-0.25, -0.2) is 0 Å². The highest BCUT2D eigenvalue weighted by Gasteiger charge is 2.34. The Morgan fingerprint density at radius 1 is 1.24 bits per heavy atom. The van der Waals surface area contributed by atoms with E-state index in [-0.39, 0.29) is 5.91 Å². The molecule has 2 N–H and O–H groups in total. The van der Waals surface area contributed by atoms with Crippen LogP contribution >= 0.6 is 11.6 Å². The Kier molecular flexibility index (Phi) is 3.57. The van der Waals surface area contributed by atoms with Crippen molar-refractivity contribution in [2.24, 2.45) is 5.73 Å². The van der Waals surface area contributed by atoms with Gasteiger partial charge in [0.2, 0.25) is 5.91 Å². The highest BCUT2D eigenvalue weighted by atomic mass is 35.5. The van der Waals surface area contributed by atoms with E-state index in [1.54, 1.807) is 24.1 Å². The zero-order chi connectivity index (χ0) is 15.0. The molecule has 0 aromatic heterocycles. The molecule has 1 unspecified atom stereocenters. The molecule has 4 nitrogen and oxygen atoms in total. The molecular formula is C16H15ClN2O2. The zero-order valence-electron chi connectivity index (χ0n) is 11.5. The van der Waals surface area contributed by atoms with Crippen molar-refractivity contribution in [3.8, 4) is 5.75 Å². The number of halogens is 1. The van der Waals surface area contributed by atoms with Crippen LogP contribution in [0.4, 0.5) is 5.69 Å². The molecule has 0 spiro atoms. The number of methoxy groups -OCH3 is 1. The van der Waals surface area contributed by atoms with Crippen molar-refractivity contribution in [3.63, 3.8) is 0 Å². The molecular weight excluding hydrogens is 288 g/mol. The number of nitrogens with two attached hydrogens (primary N) is 1.